The Hall–Kier alpha value is -2.10. The highest BCUT2D eigenvalue weighted by molar-refractivity contribution is 5.70. The number of H-pyrrole nitrogens is 1. The van der Waals surface area contributed by atoms with Gasteiger partial charge in [0.1, 0.15) is 0 Å². The second kappa shape index (κ2) is 5.12. The van der Waals surface area contributed by atoms with Crippen LogP contribution in [0.25, 0.3) is 11.3 Å². The molecule has 1 aromatic heterocycles. The Bertz CT molecular complexity index is 658. The molecule has 0 bridgehead atoms. The van der Waals surface area contributed by atoms with Crippen LogP contribution in [0.5, 0.6) is 0 Å². The summed E-state index contributed by atoms with van der Waals surface area (Å²) in [5.41, 5.74) is 6.82. The summed E-state index contributed by atoms with van der Waals surface area (Å²) < 4.78 is 0. The number of carbonyl (C=O) groups is 1. The van der Waals surface area contributed by atoms with Crippen molar-refractivity contribution in [1.29, 1.82) is 0 Å². The second-order valence-corrected chi connectivity index (χ2v) is 5.41. The third-order valence-electron chi connectivity index (χ3n) is 4.03. The van der Waals surface area contributed by atoms with Crippen LogP contribution in [0, 0.1) is 6.92 Å². The third kappa shape index (κ3) is 2.33. The van der Waals surface area contributed by atoms with Crippen LogP contribution in [0.1, 0.15) is 35.2 Å². The number of fused-ring (bicyclic) bond motifs is 1. The van der Waals surface area contributed by atoms with Gasteiger partial charge in [-0.3, -0.25) is 9.89 Å². The van der Waals surface area contributed by atoms with Gasteiger partial charge in [0, 0.05) is 23.2 Å². The van der Waals surface area contributed by atoms with E-state index in [9.17, 15) is 4.79 Å². The molecule has 2 aromatic rings. The molecule has 3 rings (SSSR count). The number of aromatic amines is 1. The number of aryl methyl sites for hydroxylation is 3. The molecule has 1 aromatic carbocycles. The summed E-state index contributed by atoms with van der Waals surface area (Å²) in [7, 11) is 0. The third-order valence-corrected chi connectivity index (χ3v) is 4.03. The fourth-order valence-electron chi connectivity index (χ4n) is 2.95. The molecule has 4 heteroatoms. The Morgan fingerprint density at radius 2 is 2.15 bits per heavy atom. The van der Waals surface area contributed by atoms with Crippen molar-refractivity contribution in [2.24, 2.45) is 0 Å². The molecular formula is C16H18N2O2. The molecule has 104 valence electrons. The Labute approximate surface area is 117 Å². The fraction of sp³-hybridized carbons (Fsp3) is 0.375. The van der Waals surface area contributed by atoms with Crippen molar-refractivity contribution < 1.29 is 9.90 Å². The number of carboxylic acids is 1. The minimum absolute atomic E-state index is 0.137. The molecular weight excluding hydrogens is 252 g/mol. The lowest BCUT2D eigenvalue weighted by atomic mass is 9.99. The van der Waals surface area contributed by atoms with Crippen LogP contribution < -0.4 is 0 Å². The number of nitrogens with one attached hydrogen (secondary N) is 1. The van der Waals surface area contributed by atoms with Crippen molar-refractivity contribution in [3.63, 3.8) is 0 Å². The molecule has 4 nitrogen and oxygen atoms in total. The molecule has 0 amide bonds. The van der Waals surface area contributed by atoms with E-state index < -0.39 is 5.97 Å². The van der Waals surface area contributed by atoms with Crippen molar-refractivity contribution in [3.8, 4) is 11.3 Å². The molecule has 20 heavy (non-hydrogen) atoms. The lowest BCUT2D eigenvalue weighted by molar-refractivity contribution is -0.136. The summed E-state index contributed by atoms with van der Waals surface area (Å²) in [5, 5.41) is 16.2. The van der Waals surface area contributed by atoms with Crippen LogP contribution in [-0.4, -0.2) is 21.3 Å². The smallest absolute Gasteiger partial charge is 0.303 e. The van der Waals surface area contributed by atoms with Crippen molar-refractivity contribution in [2.45, 2.75) is 39.0 Å². The average Bonchev–Trinajstić information content (AvgIpc) is 3.01. The zero-order valence-corrected chi connectivity index (χ0v) is 11.6. The molecule has 0 unspecified atom stereocenters. The van der Waals surface area contributed by atoms with E-state index in [4.69, 9.17) is 5.11 Å². The van der Waals surface area contributed by atoms with Gasteiger partial charge in [0.05, 0.1) is 5.69 Å². The SMILES string of the molecule is Cc1[nH]nc(-c2ccc3c(c2)CCC3)c1CCC(=O)O. The topological polar surface area (TPSA) is 66.0 Å². The maximum absolute atomic E-state index is 10.8. The summed E-state index contributed by atoms with van der Waals surface area (Å²) in [5.74, 6) is -0.773. The van der Waals surface area contributed by atoms with Crippen LogP contribution >= 0.6 is 0 Å². The number of carboxylic acid groups (broad SMARTS) is 1. The Morgan fingerprint density at radius 3 is 2.95 bits per heavy atom. The standard InChI is InChI=1S/C16H18N2O2/c1-10-14(7-8-15(19)20)16(18-17-10)13-6-5-11-3-2-4-12(11)9-13/h5-6,9H,2-4,7-8H2,1H3,(H,17,18)(H,19,20). The fourth-order valence-corrected chi connectivity index (χ4v) is 2.95. The van der Waals surface area contributed by atoms with E-state index >= 15 is 0 Å². The first kappa shape index (κ1) is 12.9. The van der Waals surface area contributed by atoms with E-state index in [1.165, 1.54) is 24.0 Å². The van der Waals surface area contributed by atoms with Crippen LogP contribution in [0.15, 0.2) is 18.2 Å². The van der Waals surface area contributed by atoms with Gasteiger partial charge in [0.15, 0.2) is 0 Å². The maximum Gasteiger partial charge on any atom is 0.303 e. The molecule has 0 saturated heterocycles. The summed E-state index contributed by atoms with van der Waals surface area (Å²) >= 11 is 0. The van der Waals surface area contributed by atoms with E-state index in [-0.39, 0.29) is 6.42 Å². The number of aliphatic carboxylic acids is 1. The lowest BCUT2D eigenvalue weighted by Gasteiger charge is -2.05. The molecule has 0 radical (unpaired) electrons. The number of hydrogen-bond acceptors (Lipinski definition) is 2. The Balaban J connectivity index is 1.95. The maximum atomic E-state index is 10.8. The van der Waals surface area contributed by atoms with Crippen molar-refractivity contribution in [2.75, 3.05) is 0 Å². The van der Waals surface area contributed by atoms with Crippen LogP contribution in [0.4, 0.5) is 0 Å². The zero-order chi connectivity index (χ0) is 14.1. The van der Waals surface area contributed by atoms with Gasteiger partial charge < -0.3 is 5.11 Å². The molecule has 1 heterocycles. The number of aromatic nitrogens is 2. The Kier molecular flexibility index (Phi) is 3.30. The normalized spacial score (nSPS) is 13.4. The van der Waals surface area contributed by atoms with Crippen molar-refractivity contribution in [1.82, 2.24) is 10.2 Å². The molecule has 0 atom stereocenters. The predicted octanol–water partition coefficient (Wildman–Crippen LogP) is 2.89. The van der Waals surface area contributed by atoms with Gasteiger partial charge in [-0.1, -0.05) is 12.1 Å². The van der Waals surface area contributed by atoms with Gasteiger partial charge in [0.2, 0.25) is 0 Å². The summed E-state index contributed by atoms with van der Waals surface area (Å²) in [6.45, 7) is 1.95. The number of hydrogen-bond donors (Lipinski definition) is 2. The number of nitrogens with zero attached hydrogens (tertiary/aromatic N) is 1. The predicted molar refractivity (Wildman–Crippen MR) is 76.7 cm³/mol. The van der Waals surface area contributed by atoms with E-state index in [2.05, 4.69) is 28.4 Å². The Morgan fingerprint density at radius 1 is 1.35 bits per heavy atom. The van der Waals surface area contributed by atoms with E-state index in [1.807, 2.05) is 6.92 Å². The van der Waals surface area contributed by atoms with Gasteiger partial charge in [-0.2, -0.15) is 5.10 Å². The van der Waals surface area contributed by atoms with Crippen LogP contribution in [-0.2, 0) is 24.1 Å². The zero-order valence-electron chi connectivity index (χ0n) is 11.6. The summed E-state index contributed by atoms with van der Waals surface area (Å²) in [4.78, 5) is 10.8. The lowest BCUT2D eigenvalue weighted by Crippen LogP contribution is -1.99. The van der Waals surface area contributed by atoms with Gasteiger partial charge in [-0.05, 0) is 49.8 Å². The molecule has 2 N–H and O–H groups in total. The molecule has 1 aliphatic rings. The van der Waals surface area contributed by atoms with Gasteiger partial charge in [0.25, 0.3) is 0 Å². The van der Waals surface area contributed by atoms with Crippen molar-refractivity contribution in [3.05, 3.63) is 40.6 Å². The first-order valence-corrected chi connectivity index (χ1v) is 7.03. The van der Waals surface area contributed by atoms with E-state index in [1.54, 1.807) is 0 Å². The van der Waals surface area contributed by atoms with Crippen LogP contribution in [0.2, 0.25) is 0 Å². The van der Waals surface area contributed by atoms with E-state index in [0.29, 0.717) is 6.42 Å². The molecule has 0 fully saturated rings. The minimum atomic E-state index is -0.773. The minimum Gasteiger partial charge on any atom is -0.481 e. The first-order valence-electron chi connectivity index (χ1n) is 7.03. The molecule has 0 saturated carbocycles. The first-order chi connectivity index (χ1) is 9.65. The number of benzene rings is 1. The summed E-state index contributed by atoms with van der Waals surface area (Å²) in [6.07, 6.45) is 4.19. The molecule has 0 spiro atoms. The molecule has 1 aliphatic carbocycles. The van der Waals surface area contributed by atoms with Crippen LogP contribution in [0.3, 0.4) is 0 Å². The summed E-state index contributed by atoms with van der Waals surface area (Å²) in [6, 6.07) is 6.49. The quantitative estimate of drug-likeness (QED) is 0.897. The monoisotopic (exact) mass is 270 g/mol. The van der Waals surface area contributed by atoms with Crippen molar-refractivity contribution >= 4 is 5.97 Å². The largest absolute Gasteiger partial charge is 0.481 e. The molecule has 0 aliphatic heterocycles. The number of rotatable bonds is 4. The van der Waals surface area contributed by atoms with E-state index in [0.717, 1.165) is 28.9 Å². The second-order valence-electron chi connectivity index (χ2n) is 5.41. The highest BCUT2D eigenvalue weighted by atomic mass is 16.4. The highest BCUT2D eigenvalue weighted by Crippen LogP contribution is 2.30. The van der Waals surface area contributed by atoms with Gasteiger partial charge >= 0.3 is 5.97 Å². The van der Waals surface area contributed by atoms with Gasteiger partial charge in [-0.25, -0.2) is 0 Å². The highest BCUT2D eigenvalue weighted by Gasteiger charge is 2.16. The van der Waals surface area contributed by atoms with Gasteiger partial charge in [-0.15, -0.1) is 0 Å². The average molecular weight is 270 g/mol.